The molecule has 30 heteroatoms. The molecule has 0 heterocycles. The Morgan fingerprint density at radius 3 is 1.17 bits per heavy atom. The van der Waals surface area contributed by atoms with Crippen LogP contribution in [0.4, 0.5) is 0 Å². The molecule has 20 N–H and O–H groups in total. The molecule has 30 nitrogen and oxygen atoms in total. The van der Waals surface area contributed by atoms with E-state index in [-0.39, 0.29) is 37.0 Å². The van der Waals surface area contributed by atoms with Crippen molar-refractivity contribution in [1.29, 1.82) is 0 Å². The second-order valence-electron chi connectivity index (χ2n) is 19.9. The Balaban J connectivity index is 2.57. The van der Waals surface area contributed by atoms with Crippen LogP contribution in [0, 0.1) is 11.8 Å². The topological polar surface area (TPSA) is 520 Å². The standard InChI is InChI=1S/C52H74N12O18/c1-25(2)42(63-44(73)30(53)14-18-37(54)66)51(80)62-36(24-39(56)68)48(77)61-34(23-28-10-12-29(65)13-11-28)47(76)58-31(16-20-40(69)70)45(74)57-32(17-21-41(71)72)46(75)60-35(22-27-8-6-5-7-9-27)49(78)64-43(26(3)4)50(79)59-33(52(81)82)15-19-38(55)67/h5-13,25-26,30-36,42-43,65H,14-24,53H2,1-4H3,(H2,54,66)(H2,55,67)(H2,56,68)(H,57,74)(H,58,76)(H,59,79)(H,60,75)(H,61,77)(H,62,80)(H,63,73)(H,64,78)(H,69,70)(H,71,72)(H,81,82). The minimum absolute atomic E-state index is 0.172. The minimum atomic E-state index is -1.89. The number of phenolic OH excluding ortho intramolecular Hbond substituents is 1. The molecular formula is C52H74N12O18. The van der Waals surface area contributed by atoms with E-state index in [9.17, 15) is 87.5 Å². The average Bonchev–Trinajstić information content (AvgIpc) is 3.41. The van der Waals surface area contributed by atoms with Crippen molar-refractivity contribution < 1.29 is 87.5 Å². The van der Waals surface area contributed by atoms with Gasteiger partial charge in [-0.15, -0.1) is 0 Å². The number of phenols is 1. The summed E-state index contributed by atoms with van der Waals surface area (Å²) in [4.78, 5) is 182. The third-order valence-corrected chi connectivity index (χ3v) is 12.3. The van der Waals surface area contributed by atoms with E-state index in [0.29, 0.717) is 5.56 Å². The molecule has 0 saturated heterocycles. The highest BCUT2D eigenvalue weighted by molar-refractivity contribution is 5.99. The Morgan fingerprint density at radius 2 is 0.756 bits per heavy atom. The number of benzene rings is 2. The van der Waals surface area contributed by atoms with Crippen molar-refractivity contribution in [3.05, 3.63) is 65.7 Å². The normalized spacial score (nSPS) is 14.3. The Labute approximate surface area is 470 Å². The van der Waals surface area contributed by atoms with Crippen LogP contribution in [0.5, 0.6) is 5.75 Å². The Bertz CT molecular complexity index is 2620. The van der Waals surface area contributed by atoms with Crippen molar-refractivity contribution in [2.75, 3.05) is 0 Å². The van der Waals surface area contributed by atoms with Gasteiger partial charge in [-0.2, -0.15) is 0 Å². The largest absolute Gasteiger partial charge is 0.508 e. The molecule has 9 unspecified atom stereocenters. The van der Waals surface area contributed by atoms with E-state index in [2.05, 4.69) is 42.5 Å². The number of aromatic hydroxyl groups is 1. The van der Waals surface area contributed by atoms with E-state index in [4.69, 9.17) is 22.9 Å². The molecule has 0 bridgehead atoms. The first-order valence-electron chi connectivity index (χ1n) is 25.9. The quantitative estimate of drug-likeness (QED) is 0.0306. The van der Waals surface area contributed by atoms with Crippen LogP contribution >= 0.6 is 0 Å². The van der Waals surface area contributed by atoms with Crippen LogP contribution in [-0.4, -0.2) is 158 Å². The molecule has 0 aliphatic heterocycles. The third kappa shape index (κ3) is 25.3. The third-order valence-electron chi connectivity index (χ3n) is 12.3. The van der Waals surface area contributed by atoms with Gasteiger partial charge in [0.25, 0.3) is 0 Å². The second kappa shape index (κ2) is 34.0. The summed E-state index contributed by atoms with van der Waals surface area (Å²) >= 11 is 0. The van der Waals surface area contributed by atoms with Gasteiger partial charge in [0.15, 0.2) is 0 Å². The summed E-state index contributed by atoms with van der Waals surface area (Å²) in [7, 11) is 0. The Hall–Kier alpha value is -9.22. The summed E-state index contributed by atoms with van der Waals surface area (Å²) in [5, 5.41) is 58.0. The van der Waals surface area contributed by atoms with Crippen molar-refractivity contribution in [1.82, 2.24) is 42.5 Å². The number of hydrogen-bond acceptors (Lipinski definition) is 16. The molecule has 2 aromatic carbocycles. The molecule has 0 aliphatic rings. The summed E-state index contributed by atoms with van der Waals surface area (Å²) < 4.78 is 0. The van der Waals surface area contributed by atoms with Crippen molar-refractivity contribution >= 4 is 82.9 Å². The predicted molar refractivity (Wildman–Crippen MR) is 287 cm³/mol. The first kappa shape index (κ1) is 68.9. The Morgan fingerprint density at radius 1 is 0.402 bits per heavy atom. The van der Waals surface area contributed by atoms with Gasteiger partial charge in [-0.05, 0) is 60.8 Å². The number of aliphatic carboxylic acids is 3. The van der Waals surface area contributed by atoms with Gasteiger partial charge in [-0.3, -0.25) is 62.3 Å². The van der Waals surface area contributed by atoms with Crippen molar-refractivity contribution in [2.45, 2.75) is 153 Å². The van der Waals surface area contributed by atoms with E-state index >= 15 is 0 Å². The highest BCUT2D eigenvalue weighted by atomic mass is 16.4. The second-order valence-corrected chi connectivity index (χ2v) is 19.9. The van der Waals surface area contributed by atoms with E-state index in [1.54, 1.807) is 30.3 Å². The highest BCUT2D eigenvalue weighted by Crippen LogP contribution is 2.15. The molecule has 11 amide bonds. The number of carboxylic acid groups (broad SMARTS) is 3. The number of carbonyl (C=O) groups excluding carboxylic acids is 11. The lowest BCUT2D eigenvalue weighted by atomic mass is 9.99. The molecule has 2 rings (SSSR count). The summed E-state index contributed by atoms with van der Waals surface area (Å²) in [5.74, 6) is -17.5. The van der Waals surface area contributed by atoms with Crippen LogP contribution < -0.4 is 65.5 Å². The molecule has 0 aliphatic carbocycles. The molecule has 0 aromatic heterocycles. The molecule has 9 atom stereocenters. The average molecular weight is 1160 g/mol. The minimum Gasteiger partial charge on any atom is -0.508 e. The molecule has 0 spiro atoms. The molecular weight excluding hydrogens is 1080 g/mol. The fraction of sp³-hybridized carbons (Fsp3) is 0.500. The van der Waals surface area contributed by atoms with Crippen LogP contribution in [-0.2, 0) is 80.0 Å². The SMILES string of the molecule is CC(C)C(NC(=O)C(N)CCC(N)=O)C(=O)NC(CC(N)=O)C(=O)NC(Cc1ccc(O)cc1)C(=O)NC(CCC(=O)O)C(=O)NC(CCC(=O)O)C(=O)NC(Cc1ccccc1)C(=O)NC(C(=O)NC(CCC(N)=O)C(=O)O)C(C)C. The number of carboxylic acids is 3. The van der Waals surface area contributed by atoms with Crippen molar-refractivity contribution in [3.63, 3.8) is 0 Å². The lowest BCUT2D eigenvalue weighted by Crippen LogP contribution is -2.61. The zero-order valence-electron chi connectivity index (χ0n) is 45.6. The number of rotatable bonds is 37. The van der Waals surface area contributed by atoms with Crippen molar-refractivity contribution in [2.24, 2.45) is 34.8 Å². The van der Waals surface area contributed by atoms with E-state index in [1.807, 2.05) is 0 Å². The zero-order chi connectivity index (χ0) is 62.0. The van der Waals surface area contributed by atoms with Crippen LogP contribution in [0.15, 0.2) is 54.6 Å². The molecule has 0 fully saturated rings. The molecule has 450 valence electrons. The highest BCUT2D eigenvalue weighted by Gasteiger charge is 2.37. The lowest BCUT2D eigenvalue weighted by molar-refractivity contribution is -0.143. The van der Waals surface area contributed by atoms with Gasteiger partial charge in [0.1, 0.15) is 54.1 Å². The van der Waals surface area contributed by atoms with Crippen LogP contribution in [0.25, 0.3) is 0 Å². The molecule has 2 aromatic rings. The maximum Gasteiger partial charge on any atom is 0.326 e. The fourth-order valence-electron chi connectivity index (χ4n) is 7.79. The van der Waals surface area contributed by atoms with Crippen LogP contribution in [0.1, 0.15) is 96.6 Å². The van der Waals surface area contributed by atoms with Gasteiger partial charge < -0.3 is 85.9 Å². The number of nitrogens with one attached hydrogen (secondary N) is 8. The fourth-order valence-corrected chi connectivity index (χ4v) is 7.79. The number of hydrogen-bond donors (Lipinski definition) is 16. The summed E-state index contributed by atoms with van der Waals surface area (Å²) in [6.07, 6.45) is -5.76. The first-order chi connectivity index (χ1) is 38.4. The predicted octanol–water partition coefficient (Wildman–Crippen LogP) is -4.08. The number of amides is 11. The number of primary amides is 3. The molecule has 82 heavy (non-hydrogen) atoms. The summed E-state index contributed by atoms with van der Waals surface area (Å²) in [6.45, 7) is 6.07. The monoisotopic (exact) mass is 1150 g/mol. The maximum absolute atomic E-state index is 14.4. The van der Waals surface area contributed by atoms with Gasteiger partial charge in [0, 0.05) is 38.5 Å². The summed E-state index contributed by atoms with van der Waals surface area (Å²) in [6, 6.07) is -1.46. The summed E-state index contributed by atoms with van der Waals surface area (Å²) in [5.41, 5.74) is 22.3. The smallest absolute Gasteiger partial charge is 0.326 e. The van der Waals surface area contributed by atoms with Crippen molar-refractivity contribution in [3.8, 4) is 5.75 Å². The zero-order valence-corrected chi connectivity index (χ0v) is 45.6. The van der Waals surface area contributed by atoms with Crippen LogP contribution in [0.2, 0.25) is 0 Å². The van der Waals surface area contributed by atoms with Gasteiger partial charge in [-0.1, -0.05) is 70.2 Å². The van der Waals surface area contributed by atoms with E-state index in [1.165, 1.54) is 52.0 Å². The van der Waals surface area contributed by atoms with Gasteiger partial charge in [0.2, 0.25) is 65.0 Å². The lowest BCUT2D eigenvalue weighted by Gasteiger charge is -2.29. The molecule has 0 radical (unpaired) electrons. The van der Waals surface area contributed by atoms with Crippen LogP contribution in [0.3, 0.4) is 0 Å². The van der Waals surface area contributed by atoms with Gasteiger partial charge >= 0.3 is 17.9 Å². The van der Waals surface area contributed by atoms with E-state index in [0.717, 1.165) is 0 Å². The number of carbonyl (C=O) groups is 14. The number of nitrogens with two attached hydrogens (primary N) is 4. The maximum atomic E-state index is 14.4. The first-order valence-corrected chi connectivity index (χ1v) is 25.9. The van der Waals surface area contributed by atoms with Gasteiger partial charge in [-0.25, -0.2) is 4.79 Å². The van der Waals surface area contributed by atoms with E-state index < -0.39 is 194 Å². The van der Waals surface area contributed by atoms with Gasteiger partial charge in [0.05, 0.1) is 12.5 Å². The molecule has 0 saturated carbocycles. The Kier molecular flexibility index (Phi) is 28.6.